The number of aliphatic hydroxyl groups is 6. The van der Waals surface area contributed by atoms with Gasteiger partial charge in [-0.1, -0.05) is 182 Å². The molecule has 13 rings (SSSR count). The lowest BCUT2D eigenvalue weighted by Crippen LogP contribution is -2.70. The zero-order chi connectivity index (χ0) is 94.0. The van der Waals surface area contributed by atoms with Crippen LogP contribution in [0.25, 0.3) is 0 Å². The number of rotatable bonds is 46. The largest absolute Gasteiger partial charge is 0.459 e. The Bertz CT molecular complexity index is 4310. The van der Waals surface area contributed by atoms with E-state index in [9.17, 15) is 30.6 Å². The molecule has 133 heavy (non-hydrogen) atoms. The minimum Gasteiger partial charge on any atom is -0.459 e. The van der Waals surface area contributed by atoms with Gasteiger partial charge in [0.1, 0.15) is 172 Å². The van der Waals surface area contributed by atoms with Crippen molar-refractivity contribution in [2.45, 2.75) is 255 Å². The van der Waals surface area contributed by atoms with Gasteiger partial charge in [-0.25, -0.2) is 9.59 Å². The molecule has 7 heterocycles. The molecular weight excluding hydrogens is 1750 g/mol. The molecule has 0 saturated carbocycles. The summed E-state index contributed by atoms with van der Waals surface area (Å²) < 4.78 is 194. The molecule has 7 saturated heterocycles. The first-order valence-corrected chi connectivity index (χ1v) is 44.1. The first-order valence-electron chi connectivity index (χ1n) is 44.1. The maximum atomic E-state index is 15.5. The van der Waals surface area contributed by atoms with E-state index in [2.05, 4.69) is 0 Å². The Labute approximate surface area is 772 Å². The fraction of sp³-hybridized carbons (Fsp3) is 0.600. The van der Waals surface area contributed by atoms with Crippen LogP contribution in [0, 0.1) is 0 Å². The molecule has 0 spiro atoms. The molecule has 7 aliphatic heterocycles. The second-order valence-corrected chi connectivity index (χ2v) is 32.6. The molecule has 6 aromatic rings. The maximum Gasteiger partial charge on any atom is 0.338 e. The predicted molar refractivity (Wildman–Crippen MR) is 459 cm³/mol. The topological polar surface area (TPSA) is 432 Å². The van der Waals surface area contributed by atoms with E-state index in [4.69, 9.17) is 142 Å². The van der Waals surface area contributed by atoms with Crippen LogP contribution < -0.4 is 0 Å². The van der Waals surface area contributed by atoms with E-state index in [1.54, 1.807) is 84.9 Å². The van der Waals surface area contributed by atoms with E-state index in [0.29, 0.717) is 16.7 Å². The van der Waals surface area contributed by atoms with Gasteiger partial charge in [0.25, 0.3) is 0 Å². The Balaban J connectivity index is 0.793. The van der Waals surface area contributed by atoms with Crippen molar-refractivity contribution in [1.82, 2.24) is 0 Å². The van der Waals surface area contributed by atoms with E-state index in [0.717, 1.165) is 16.7 Å². The van der Waals surface area contributed by atoms with Crippen molar-refractivity contribution in [3.05, 3.63) is 215 Å². The molecule has 0 bridgehead atoms. The Morgan fingerprint density at radius 1 is 0.241 bits per heavy atom. The summed E-state index contributed by atoms with van der Waals surface area (Å²) in [5.74, 6) is -2.02. The SMILES string of the molecule is COC1C(OC)[C@H](O[C@H]2O[C@@H](CO)[C@@H](O[C@@H]3OC(C(=O)OCc4ccccc4)[C@@H](O[C@H]4OC(CO)[C@@H](O[C@H]5OC(CO)[C@@H](O[C@H]6OC(CO)[C@@H](O)[C@H](OC)C6OC)[C@H](OC)C5OC)[C@H](OC)C4OC)[C@H](OC)C3OC)C(O)C2OCc2ccccc2)[C@H](C(=O)OCc2ccccc2)O[C@@H]1O[C@H]1C(COCc2ccccc2)O[C@H](OC)C(OCc2ccccc2)[C@H]1OCc1ccccc1. The Hall–Kier alpha value is -7.10. The van der Waals surface area contributed by atoms with Crippen molar-refractivity contribution in [2.24, 2.45) is 0 Å². The van der Waals surface area contributed by atoms with Gasteiger partial charge in [0.15, 0.2) is 56.2 Å². The summed E-state index contributed by atoms with van der Waals surface area (Å²) in [5, 5.41) is 68.8. The highest BCUT2D eigenvalue weighted by atomic mass is 16.8. The van der Waals surface area contributed by atoms with E-state index in [1.807, 2.05) is 97.1 Å². The summed E-state index contributed by atoms with van der Waals surface area (Å²) in [6, 6.07) is 55.2. The molecule has 7 aliphatic rings. The summed E-state index contributed by atoms with van der Waals surface area (Å²) in [4.78, 5) is 30.8. The van der Waals surface area contributed by atoms with Crippen molar-refractivity contribution in [2.75, 3.05) is 111 Å². The average molecular weight is 1880 g/mol. The number of methoxy groups -OCH3 is 11. The lowest BCUT2D eigenvalue weighted by atomic mass is 9.94. The third-order valence-electron chi connectivity index (χ3n) is 24.6. The van der Waals surface area contributed by atoms with Crippen LogP contribution >= 0.6 is 0 Å². The van der Waals surface area contributed by atoms with Gasteiger partial charge >= 0.3 is 11.9 Å². The van der Waals surface area contributed by atoms with Crippen LogP contribution in [0.3, 0.4) is 0 Å². The number of benzene rings is 6. The standard InChI is InChI=1S/C95H126O38/c1-104-70-64(100)59(42-96)121-91(81(70)109-6)127-67-61(44-98)123-92(82(110-7)72(67)105-2)128-68-62(45-99)124-93(83(111-8)73(68)106-3)131-78-75(108-5)84(112-9)94(132-80(78)88(103)120-51-58-40-28-17-29-41-58)126-66-60(43-97)122-90(71(65(66)101)116-47-54-32-20-13-21-33-54)130-77-74(107-4)85(113-10)95(133-79(77)87(102)119-50-57-38-26-16-27-39-57)129-69-63(52-115-46-53-30-18-12-19-31-53)125-89(114-11)86(118-49-56-36-24-15-25-37-56)76(69)117-48-55-34-22-14-23-35-55/h12-41,59-86,89-101H,42-52H2,1-11H3/t59?,60-,61?,62?,63?,64+,65?,66+,67+,68+,69-,70-,71?,72-,73-,74?,75-,76-,77-,78-,79+,80?,81?,82?,83?,84?,85?,86?,89-,90+,91+,92+,93+,94+,95-/m0/s1. The van der Waals surface area contributed by atoms with E-state index in [-0.39, 0.29) is 46.2 Å². The predicted octanol–water partition coefficient (Wildman–Crippen LogP) is 3.32. The number of hydrogen-bond donors (Lipinski definition) is 6. The van der Waals surface area contributed by atoms with Gasteiger partial charge in [0.05, 0.1) is 59.5 Å². The van der Waals surface area contributed by atoms with Gasteiger partial charge in [-0.2, -0.15) is 0 Å². The van der Waals surface area contributed by atoms with Crippen LogP contribution in [0.4, 0.5) is 0 Å². The van der Waals surface area contributed by atoms with Crippen molar-refractivity contribution >= 4 is 11.9 Å². The first kappa shape index (κ1) is 103. The van der Waals surface area contributed by atoms with Gasteiger partial charge < -0.3 is 173 Å². The minimum absolute atomic E-state index is 0.0519. The maximum absolute atomic E-state index is 15.5. The molecule has 0 radical (unpaired) electrons. The summed E-state index contributed by atoms with van der Waals surface area (Å²) in [6.07, 6.45) is -49.3. The number of esters is 2. The van der Waals surface area contributed by atoms with Crippen molar-refractivity contribution in [3.63, 3.8) is 0 Å². The number of aliphatic hydroxyl groups excluding tert-OH is 6. The van der Waals surface area contributed by atoms with Crippen LogP contribution in [0.2, 0.25) is 0 Å². The van der Waals surface area contributed by atoms with Gasteiger partial charge in [0.2, 0.25) is 0 Å². The quantitative estimate of drug-likeness (QED) is 0.0298. The molecule has 38 heteroatoms. The van der Waals surface area contributed by atoms with Crippen molar-refractivity contribution < 1.29 is 182 Å². The lowest BCUT2D eigenvalue weighted by molar-refractivity contribution is -0.400. The minimum atomic E-state index is -1.92. The molecule has 0 aliphatic carbocycles. The highest BCUT2D eigenvalue weighted by molar-refractivity contribution is 5.76. The number of carbonyl (C=O) groups is 2. The van der Waals surface area contributed by atoms with Crippen LogP contribution in [0.1, 0.15) is 33.4 Å². The van der Waals surface area contributed by atoms with Gasteiger partial charge in [-0.3, -0.25) is 0 Å². The molecule has 6 N–H and O–H groups in total. The second-order valence-electron chi connectivity index (χ2n) is 32.6. The molecule has 6 aromatic carbocycles. The fourth-order valence-electron chi connectivity index (χ4n) is 17.8. The number of carbonyl (C=O) groups excluding carboxylic acids is 2. The Morgan fingerprint density at radius 2 is 0.504 bits per heavy atom. The van der Waals surface area contributed by atoms with Gasteiger partial charge in [0, 0.05) is 78.2 Å². The molecule has 734 valence electrons. The molecule has 0 amide bonds. The number of hydrogen-bond acceptors (Lipinski definition) is 38. The van der Waals surface area contributed by atoms with Crippen LogP contribution in [-0.2, 0) is 191 Å². The summed E-state index contributed by atoms with van der Waals surface area (Å²) >= 11 is 0. The Kier molecular flexibility index (Phi) is 40.0. The smallest absolute Gasteiger partial charge is 0.338 e. The van der Waals surface area contributed by atoms with Gasteiger partial charge in [-0.05, 0) is 33.4 Å². The molecule has 14 unspecified atom stereocenters. The van der Waals surface area contributed by atoms with Crippen LogP contribution in [0.15, 0.2) is 182 Å². The zero-order valence-corrected chi connectivity index (χ0v) is 76.1. The van der Waals surface area contributed by atoms with Gasteiger partial charge in [-0.15, -0.1) is 0 Å². The fourth-order valence-corrected chi connectivity index (χ4v) is 17.8. The summed E-state index contributed by atoms with van der Waals surface area (Å²) in [7, 11) is 14.9. The van der Waals surface area contributed by atoms with E-state index >= 15 is 9.59 Å². The van der Waals surface area contributed by atoms with Crippen molar-refractivity contribution in [3.8, 4) is 0 Å². The van der Waals surface area contributed by atoms with E-state index < -0.39 is 253 Å². The van der Waals surface area contributed by atoms with Crippen LogP contribution in [0.5, 0.6) is 0 Å². The highest BCUT2D eigenvalue weighted by Crippen LogP contribution is 2.43. The third kappa shape index (κ3) is 25.1. The second kappa shape index (κ2) is 51.5. The average Bonchev–Trinajstić information content (AvgIpc) is 0.760. The normalized spacial score (nSPS) is 36.0. The molecule has 38 nitrogen and oxygen atoms in total. The van der Waals surface area contributed by atoms with E-state index in [1.165, 1.54) is 78.2 Å². The lowest BCUT2D eigenvalue weighted by Gasteiger charge is -2.52. The van der Waals surface area contributed by atoms with Crippen molar-refractivity contribution in [1.29, 1.82) is 0 Å². The zero-order valence-electron chi connectivity index (χ0n) is 76.1. The summed E-state index contributed by atoms with van der Waals surface area (Å²) in [5.41, 5.74) is 4.34. The first-order chi connectivity index (χ1) is 65.0. The Morgan fingerprint density at radius 3 is 0.850 bits per heavy atom. The third-order valence-corrected chi connectivity index (χ3v) is 24.6. The van der Waals surface area contributed by atoms with Crippen LogP contribution in [-0.4, -0.2) is 369 Å². The molecule has 35 atom stereocenters. The monoisotopic (exact) mass is 1870 g/mol. The highest BCUT2D eigenvalue weighted by Gasteiger charge is 2.63. The molecule has 7 fully saturated rings. The summed E-state index contributed by atoms with van der Waals surface area (Å²) in [6.45, 7) is -3.57. The number of ether oxygens (including phenoxy) is 30. The molecular formula is C95H126O38. The molecule has 0 aromatic heterocycles.